The van der Waals surface area contributed by atoms with Gasteiger partial charge in [0.15, 0.2) is 5.82 Å². The van der Waals surface area contributed by atoms with E-state index < -0.39 is 0 Å². The van der Waals surface area contributed by atoms with E-state index in [1.165, 1.54) is 0 Å². The van der Waals surface area contributed by atoms with Crippen LogP contribution in [0, 0.1) is 0 Å². The summed E-state index contributed by atoms with van der Waals surface area (Å²) in [4.78, 5) is 0. The van der Waals surface area contributed by atoms with Gasteiger partial charge in [0.1, 0.15) is 6.33 Å². The SMILES string of the molecule is CC1OCCC1Nc1ccccc1-c1nncn1C. The summed E-state index contributed by atoms with van der Waals surface area (Å²) in [5.74, 6) is 0.870. The first-order chi connectivity index (χ1) is 9.25. The lowest BCUT2D eigenvalue weighted by atomic mass is 10.1. The molecular weight excluding hydrogens is 240 g/mol. The molecule has 1 N–H and O–H groups in total. The minimum Gasteiger partial charge on any atom is -0.379 e. The Morgan fingerprint density at radius 1 is 1.37 bits per heavy atom. The molecule has 19 heavy (non-hydrogen) atoms. The maximum Gasteiger partial charge on any atom is 0.165 e. The molecular formula is C14H18N4O. The van der Waals surface area contributed by atoms with Crippen LogP contribution in [-0.4, -0.2) is 33.5 Å². The van der Waals surface area contributed by atoms with Crippen molar-refractivity contribution in [3.05, 3.63) is 30.6 Å². The van der Waals surface area contributed by atoms with E-state index in [1.807, 2.05) is 23.7 Å². The van der Waals surface area contributed by atoms with E-state index in [9.17, 15) is 0 Å². The lowest BCUT2D eigenvalue weighted by Gasteiger charge is -2.19. The molecule has 1 aromatic heterocycles. The topological polar surface area (TPSA) is 52.0 Å². The Morgan fingerprint density at radius 2 is 2.21 bits per heavy atom. The molecule has 2 unspecified atom stereocenters. The van der Waals surface area contributed by atoms with E-state index in [1.54, 1.807) is 6.33 Å². The Kier molecular flexibility index (Phi) is 3.21. The number of nitrogens with zero attached hydrogens (tertiary/aromatic N) is 3. The molecule has 1 fully saturated rings. The van der Waals surface area contributed by atoms with Crippen LogP contribution in [-0.2, 0) is 11.8 Å². The lowest BCUT2D eigenvalue weighted by Crippen LogP contribution is -2.26. The maximum atomic E-state index is 5.60. The minimum atomic E-state index is 0.243. The van der Waals surface area contributed by atoms with Gasteiger partial charge in [-0.3, -0.25) is 0 Å². The summed E-state index contributed by atoms with van der Waals surface area (Å²) in [5.41, 5.74) is 2.16. The Balaban J connectivity index is 1.92. The van der Waals surface area contributed by atoms with Gasteiger partial charge in [-0.2, -0.15) is 0 Å². The molecule has 1 aliphatic rings. The molecule has 5 nitrogen and oxygen atoms in total. The van der Waals surface area contributed by atoms with Crippen molar-refractivity contribution < 1.29 is 4.74 Å². The van der Waals surface area contributed by atoms with Crippen LogP contribution >= 0.6 is 0 Å². The molecule has 2 atom stereocenters. The number of nitrogens with one attached hydrogen (secondary N) is 1. The highest BCUT2D eigenvalue weighted by molar-refractivity contribution is 5.73. The number of benzene rings is 1. The van der Waals surface area contributed by atoms with Crippen LogP contribution in [0.25, 0.3) is 11.4 Å². The van der Waals surface area contributed by atoms with Crippen molar-refractivity contribution in [3.63, 3.8) is 0 Å². The largest absolute Gasteiger partial charge is 0.379 e. The van der Waals surface area contributed by atoms with E-state index >= 15 is 0 Å². The van der Waals surface area contributed by atoms with Crippen LogP contribution in [0.1, 0.15) is 13.3 Å². The van der Waals surface area contributed by atoms with Crippen molar-refractivity contribution in [2.24, 2.45) is 7.05 Å². The van der Waals surface area contributed by atoms with Crippen LogP contribution < -0.4 is 5.32 Å². The summed E-state index contributed by atoms with van der Waals surface area (Å²) < 4.78 is 7.52. The fourth-order valence-electron chi connectivity index (χ4n) is 2.45. The summed E-state index contributed by atoms with van der Waals surface area (Å²) in [6.45, 7) is 2.93. The van der Waals surface area contributed by atoms with E-state index in [-0.39, 0.29) is 6.10 Å². The van der Waals surface area contributed by atoms with Gasteiger partial charge in [-0.25, -0.2) is 0 Å². The first-order valence-corrected chi connectivity index (χ1v) is 6.57. The lowest BCUT2D eigenvalue weighted by molar-refractivity contribution is 0.121. The second kappa shape index (κ2) is 5.01. The van der Waals surface area contributed by atoms with Gasteiger partial charge < -0.3 is 14.6 Å². The van der Waals surface area contributed by atoms with E-state index in [2.05, 4.69) is 34.6 Å². The summed E-state index contributed by atoms with van der Waals surface area (Å²) in [5, 5.41) is 11.7. The molecule has 5 heteroatoms. The molecule has 2 aromatic rings. The van der Waals surface area contributed by atoms with Crippen molar-refractivity contribution in [2.75, 3.05) is 11.9 Å². The standard InChI is InChI=1S/C14H18N4O/c1-10-12(7-8-19-10)16-13-6-4-3-5-11(13)14-17-15-9-18(14)2/h3-6,9-10,12,16H,7-8H2,1-2H3. The average Bonchev–Trinajstić information content (AvgIpc) is 3.00. The van der Waals surface area contributed by atoms with Crippen LogP contribution in [0.15, 0.2) is 30.6 Å². The van der Waals surface area contributed by atoms with Crippen LogP contribution in [0.3, 0.4) is 0 Å². The molecule has 0 spiro atoms. The van der Waals surface area contributed by atoms with Gasteiger partial charge in [0, 0.05) is 24.9 Å². The number of aryl methyl sites for hydroxylation is 1. The Labute approximate surface area is 112 Å². The molecule has 1 aromatic carbocycles. The van der Waals surface area contributed by atoms with Crippen molar-refractivity contribution in [2.45, 2.75) is 25.5 Å². The smallest absolute Gasteiger partial charge is 0.165 e. The van der Waals surface area contributed by atoms with E-state index in [0.717, 1.165) is 30.1 Å². The second-order valence-electron chi connectivity index (χ2n) is 4.93. The van der Waals surface area contributed by atoms with Crippen LogP contribution in [0.5, 0.6) is 0 Å². The zero-order valence-electron chi connectivity index (χ0n) is 11.2. The van der Waals surface area contributed by atoms with Gasteiger partial charge in [0.25, 0.3) is 0 Å². The average molecular weight is 258 g/mol. The van der Waals surface area contributed by atoms with Gasteiger partial charge in [-0.15, -0.1) is 10.2 Å². The van der Waals surface area contributed by atoms with Crippen molar-refractivity contribution >= 4 is 5.69 Å². The Hall–Kier alpha value is -1.88. The van der Waals surface area contributed by atoms with E-state index in [4.69, 9.17) is 4.74 Å². The molecule has 0 saturated carbocycles. The Bertz CT molecular complexity index is 566. The molecule has 3 rings (SSSR count). The van der Waals surface area contributed by atoms with Crippen LogP contribution in [0.4, 0.5) is 5.69 Å². The molecule has 1 saturated heterocycles. The predicted octanol–water partition coefficient (Wildman–Crippen LogP) is 2.07. The van der Waals surface area contributed by atoms with Gasteiger partial charge in [0.05, 0.1) is 12.1 Å². The number of ether oxygens (including phenoxy) is 1. The molecule has 100 valence electrons. The maximum absolute atomic E-state index is 5.60. The first-order valence-electron chi connectivity index (χ1n) is 6.57. The van der Waals surface area contributed by atoms with E-state index in [0.29, 0.717) is 6.04 Å². The van der Waals surface area contributed by atoms with Gasteiger partial charge in [-0.05, 0) is 25.5 Å². The summed E-state index contributed by atoms with van der Waals surface area (Å²) in [7, 11) is 1.95. The minimum absolute atomic E-state index is 0.243. The highest BCUT2D eigenvalue weighted by atomic mass is 16.5. The predicted molar refractivity (Wildman–Crippen MR) is 73.9 cm³/mol. The highest BCUT2D eigenvalue weighted by Crippen LogP contribution is 2.28. The first kappa shape index (κ1) is 12.2. The molecule has 0 radical (unpaired) electrons. The number of hydrogen-bond acceptors (Lipinski definition) is 4. The zero-order valence-corrected chi connectivity index (χ0v) is 11.2. The van der Waals surface area contributed by atoms with Gasteiger partial charge in [0.2, 0.25) is 0 Å². The summed E-state index contributed by atoms with van der Waals surface area (Å²) in [6.07, 6.45) is 2.99. The summed E-state index contributed by atoms with van der Waals surface area (Å²) >= 11 is 0. The normalized spacial score (nSPS) is 22.6. The Morgan fingerprint density at radius 3 is 2.89 bits per heavy atom. The van der Waals surface area contributed by atoms with Crippen molar-refractivity contribution in [1.29, 1.82) is 0 Å². The third-order valence-corrected chi connectivity index (χ3v) is 3.60. The zero-order chi connectivity index (χ0) is 13.2. The molecule has 1 aliphatic heterocycles. The fraction of sp³-hybridized carbons (Fsp3) is 0.429. The number of aromatic nitrogens is 3. The van der Waals surface area contributed by atoms with Gasteiger partial charge in [-0.1, -0.05) is 12.1 Å². The number of para-hydroxylation sites is 1. The highest BCUT2D eigenvalue weighted by Gasteiger charge is 2.24. The van der Waals surface area contributed by atoms with Crippen molar-refractivity contribution in [1.82, 2.24) is 14.8 Å². The number of anilines is 1. The number of rotatable bonds is 3. The van der Waals surface area contributed by atoms with Crippen LogP contribution in [0.2, 0.25) is 0 Å². The molecule has 0 bridgehead atoms. The fourth-order valence-corrected chi connectivity index (χ4v) is 2.45. The monoisotopic (exact) mass is 258 g/mol. The second-order valence-corrected chi connectivity index (χ2v) is 4.93. The van der Waals surface area contributed by atoms with Crippen molar-refractivity contribution in [3.8, 4) is 11.4 Å². The third kappa shape index (κ3) is 2.33. The van der Waals surface area contributed by atoms with Gasteiger partial charge >= 0.3 is 0 Å². The molecule has 2 heterocycles. The number of hydrogen-bond donors (Lipinski definition) is 1. The third-order valence-electron chi connectivity index (χ3n) is 3.60. The molecule has 0 amide bonds. The summed E-state index contributed by atoms with van der Waals surface area (Å²) in [6, 6.07) is 8.54. The molecule has 0 aliphatic carbocycles. The quantitative estimate of drug-likeness (QED) is 0.915.